The van der Waals surface area contributed by atoms with E-state index in [0.717, 1.165) is 17.5 Å². The maximum absolute atomic E-state index is 12.8. The van der Waals surface area contributed by atoms with Crippen LogP contribution >= 0.6 is 0 Å². The highest BCUT2D eigenvalue weighted by Crippen LogP contribution is 2.45. The van der Waals surface area contributed by atoms with Crippen LogP contribution in [0.3, 0.4) is 0 Å². The summed E-state index contributed by atoms with van der Waals surface area (Å²) in [5, 5.41) is 9.83. The molecule has 0 radical (unpaired) electrons. The van der Waals surface area contributed by atoms with Crippen LogP contribution in [0.25, 0.3) is 0 Å². The van der Waals surface area contributed by atoms with E-state index in [1.165, 1.54) is 0 Å². The van der Waals surface area contributed by atoms with Crippen LogP contribution in [0.4, 0.5) is 0 Å². The van der Waals surface area contributed by atoms with E-state index in [2.05, 4.69) is 6.07 Å². The molecule has 1 aliphatic rings. The van der Waals surface area contributed by atoms with Crippen LogP contribution in [0.15, 0.2) is 78.2 Å². The van der Waals surface area contributed by atoms with Crippen molar-refractivity contribution >= 4 is 5.97 Å². The van der Waals surface area contributed by atoms with Crippen LogP contribution in [0.1, 0.15) is 47.7 Å². The number of esters is 1. The van der Waals surface area contributed by atoms with Gasteiger partial charge in [0.1, 0.15) is 34.6 Å². The highest BCUT2D eigenvalue weighted by molar-refractivity contribution is 5.91. The lowest BCUT2D eigenvalue weighted by atomic mass is 9.83. The summed E-state index contributed by atoms with van der Waals surface area (Å²) in [7, 11) is 0. The Morgan fingerprint density at radius 2 is 1.83 bits per heavy atom. The number of hydrogen-bond donors (Lipinski definition) is 1. The van der Waals surface area contributed by atoms with Crippen molar-refractivity contribution in [1.29, 1.82) is 5.26 Å². The van der Waals surface area contributed by atoms with Gasteiger partial charge in [0, 0.05) is 17.2 Å². The second-order valence-electron chi connectivity index (χ2n) is 7.86. The first-order chi connectivity index (χ1) is 17.0. The zero-order valence-corrected chi connectivity index (χ0v) is 19.6. The van der Waals surface area contributed by atoms with Crippen LogP contribution in [-0.2, 0) is 0 Å². The number of para-hydroxylation sites is 1. The minimum Gasteiger partial charge on any atom is -0.494 e. The normalized spacial score (nSPS) is 14.4. The minimum atomic E-state index is -0.526. The molecule has 0 spiro atoms. The molecule has 0 aromatic heterocycles. The molecule has 4 rings (SSSR count). The molecule has 1 unspecified atom stereocenters. The molecule has 2 N–H and O–H groups in total. The van der Waals surface area contributed by atoms with Gasteiger partial charge in [-0.1, -0.05) is 37.3 Å². The maximum atomic E-state index is 12.8. The second kappa shape index (κ2) is 10.7. The van der Waals surface area contributed by atoms with E-state index in [1.54, 1.807) is 42.5 Å². The molecule has 3 aromatic rings. The SMILES string of the molecule is CCCOc1cccc(C(=O)Oc2ccc3c(c2)OC(N)=C(C#N)C3c2ccccc2OCC)c1. The molecule has 0 saturated carbocycles. The summed E-state index contributed by atoms with van der Waals surface area (Å²) in [6.45, 7) is 4.95. The van der Waals surface area contributed by atoms with Crippen LogP contribution in [0, 0.1) is 11.3 Å². The van der Waals surface area contributed by atoms with Crippen molar-refractivity contribution in [2.75, 3.05) is 13.2 Å². The molecule has 3 aromatic carbocycles. The molecule has 7 nitrogen and oxygen atoms in total. The number of hydrogen-bond acceptors (Lipinski definition) is 7. The van der Waals surface area contributed by atoms with Crippen LogP contribution in [0.5, 0.6) is 23.0 Å². The summed E-state index contributed by atoms with van der Waals surface area (Å²) >= 11 is 0. The van der Waals surface area contributed by atoms with Crippen molar-refractivity contribution in [3.05, 3.63) is 94.9 Å². The van der Waals surface area contributed by atoms with Gasteiger partial charge >= 0.3 is 5.97 Å². The smallest absolute Gasteiger partial charge is 0.343 e. The van der Waals surface area contributed by atoms with Crippen LogP contribution in [0.2, 0.25) is 0 Å². The number of benzene rings is 3. The average Bonchev–Trinajstić information content (AvgIpc) is 2.87. The highest BCUT2D eigenvalue weighted by Gasteiger charge is 2.33. The molecule has 1 heterocycles. The molecular weight excluding hydrogens is 444 g/mol. The summed E-state index contributed by atoms with van der Waals surface area (Å²) in [6.07, 6.45) is 0.866. The number of nitriles is 1. The molecule has 0 aliphatic carbocycles. The van der Waals surface area contributed by atoms with E-state index < -0.39 is 11.9 Å². The fraction of sp³-hybridized carbons (Fsp3) is 0.214. The standard InChI is InChI=1S/C28H26N2O5/c1-3-14-33-19-9-7-8-18(15-19)28(31)34-20-12-13-22-25(16-20)35-27(30)23(17-29)26(22)21-10-5-6-11-24(21)32-4-2/h5-13,15-16,26H,3-4,14,30H2,1-2H3. The minimum absolute atomic E-state index is 0.000511. The van der Waals surface area contributed by atoms with Crippen LogP contribution < -0.4 is 24.7 Å². The third-order valence-corrected chi connectivity index (χ3v) is 5.47. The zero-order chi connectivity index (χ0) is 24.8. The monoisotopic (exact) mass is 470 g/mol. The fourth-order valence-electron chi connectivity index (χ4n) is 3.92. The van der Waals surface area contributed by atoms with Crippen LogP contribution in [-0.4, -0.2) is 19.2 Å². The molecule has 1 atom stereocenters. The quantitative estimate of drug-likeness (QED) is 0.351. The number of rotatable bonds is 8. The van der Waals surface area contributed by atoms with Crippen molar-refractivity contribution in [3.63, 3.8) is 0 Å². The number of carbonyl (C=O) groups is 1. The maximum Gasteiger partial charge on any atom is 0.343 e. The van der Waals surface area contributed by atoms with Gasteiger partial charge in [-0.3, -0.25) is 0 Å². The van der Waals surface area contributed by atoms with E-state index >= 15 is 0 Å². The van der Waals surface area contributed by atoms with Gasteiger partial charge < -0.3 is 24.7 Å². The number of ether oxygens (including phenoxy) is 4. The fourth-order valence-corrected chi connectivity index (χ4v) is 3.92. The number of carbonyl (C=O) groups excluding carboxylic acids is 1. The molecule has 0 fully saturated rings. The lowest BCUT2D eigenvalue weighted by Crippen LogP contribution is -2.21. The van der Waals surface area contributed by atoms with Gasteiger partial charge in [-0.15, -0.1) is 0 Å². The molecule has 1 aliphatic heterocycles. The highest BCUT2D eigenvalue weighted by atomic mass is 16.5. The summed E-state index contributed by atoms with van der Waals surface area (Å²) in [5.41, 5.74) is 8.30. The zero-order valence-electron chi connectivity index (χ0n) is 19.6. The summed E-state index contributed by atoms with van der Waals surface area (Å²) in [4.78, 5) is 12.8. The van der Waals surface area contributed by atoms with Gasteiger partial charge in [-0.2, -0.15) is 5.26 Å². The van der Waals surface area contributed by atoms with Gasteiger partial charge in [-0.05, 0) is 43.7 Å². The lowest BCUT2D eigenvalue weighted by molar-refractivity contribution is 0.0734. The number of nitrogens with two attached hydrogens (primary N) is 1. The second-order valence-corrected chi connectivity index (χ2v) is 7.86. The number of nitrogens with zero attached hydrogens (tertiary/aromatic N) is 1. The first kappa shape index (κ1) is 23.7. The Labute approximate surface area is 204 Å². The predicted octanol–water partition coefficient (Wildman–Crippen LogP) is 5.31. The summed E-state index contributed by atoms with van der Waals surface area (Å²) < 4.78 is 22.8. The molecule has 7 heteroatoms. The molecule has 178 valence electrons. The Balaban J connectivity index is 1.65. The largest absolute Gasteiger partial charge is 0.494 e. The topological polar surface area (TPSA) is 104 Å². The van der Waals surface area contributed by atoms with E-state index in [1.807, 2.05) is 38.1 Å². The van der Waals surface area contributed by atoms with Crippen molar-refractivity contribution < 1.29 is 23.7 Å². The van der Waals surface area contributed by atoms with Gasteiger partial charge in [0.2, 0.25) is 5.88 Å². The molecule has 35 heavy (non-hydrogen) atoms. The van der Waals surface area contributed by atoms with E-state index in [9.17, 15) is 10.1 Å². The molecular formula is C28H26N2O5. The Bertz CT molecular complexity index is 1310. The van der Waals surface area contributed by atoms with Gasteiger partial charge in [0.05, 0.1) is 24.7 Å². The molecule has 0 bridgehead atoms. The Morgan fingerprint density at radius 1 is 1.00 bits per heavy atom. The summed E-state index contributed by atoms with van der Waals surface area (Å²) in [6, 6.07) is 21.6. The van der Waals surface area contributed by atoms with Crippen molar-refractivity contribution in [1.82, 2.24) is 0 Å². The number of allylic oxidation sites excluding steroid dienone is 1. The number of fused-ring (bicyclic) bond motifs is 1. The Hall–Kier alpha value is -4.44. The van der Waals surface area contributed by atoms with E-state index in [-0.39, 0.29) is 5.88 Å². The first-order valence-electron chi connectivity index (χ1n) is 11.4. The van der Waals surface area contributed by atoms with Crippen molar-refractivity contribution in [2.24, 2.45) is 5.73 Å². The lowest BCUT2D eigenvalue weighted by Gasteiger charge is -2.27. The van der Waals surface area contributed by atoms with E-state index in [0.29, 0.717) is 47.3 Å². The molecule has 0 saturated heterocycles. The molecule has 0 amide bonds. The Morgan fingerprint density at radius 3 is 2.60 bits per heavy atom. The Kier molecular flexibility index (Phi) is 7.22. The average molecular weight is 471 g/mol. The van der Waals surface area contributed by atoms with Crippen molar-refractivity contribution in [3.8, 4) is 29.1 Å². The van der Waals surface area contributed by atoms with Gasteiger partial charge in [0.15, 0.2) is 0 Å². The summed E-state index contributed by atoms with van der Waals surface area (Å²) in [5.74, 6) is 0.954. The third-order valence-electron chi connectivity index (χ3n) is 5.47. The predicted molar refractivity (Wildman–Crippen MR) is 131 cm³/mol. The van der Waals surface area contributed by atoms with Crippen molar-refractivity contribution in [2.45, 2.75) is 26.2 Å². The van der Waals surface area contributed by atoms with Gasteiger partial charge in [0.25, 0.3) is 0 Å². The van der Waals surface area contributed by atoms with Gasteiger partial charge in [-0.25, -0.2) is 4.79 Å². The first-order valence-corrected chi connectivity index (χ1v) is 11.4. The third kappa shape index (κ3) is 5.07. The van der Waals surface area contributed by atoms with E-state index in [4.69, 9.17) is 24.7 Å².